The van der Waals surface area contributed by atoms with Crippen LogP contribution in [0, 0.1) is 0 Å². The number of nitrogens with zero attached hydrogens (tertiary/aromatic N) is 2. The molecule has 0 fully saturated rings. The minimum absolute atomic E-state index is 0.0164. The van der Waals surface area contributed by atoms with Gasteiger partial charge in [-0.2, -0.15) is 0 Å². The number of nitrogens with one attached hydrogen (secondary N) is 2. The summed E-state index contributed by atoms with van der Waals surface area (Å²) in [5.74, 6) is 2.31. The van der Waals surface area contributed by atoms with Gasteiger partial charge in [0.1, 0.15) is 11.5 Å². The smallest absolute Gasteiger partial charge is 0.270 e. The van der Waals surface area contributed by atoms with Crippen LogP contribution in [0.3, 0.4) is 0 Å². The first-order valence-corrected chi connectivity index (χ1v) is 9.46. The number of amides is 1. The zero-order chi connectivity index (χ0) is 20.2. The molecule has 1 aliphatic heterocycles. The van der Waals surface area contributed by atoms with Crippen LogP contribution >= 0.6 is 0 Å². The number of aromatic nitrogens is 2. The van der Waals surface area contributed by atoms with Crippen molar-refractivity contribution in [2.24, 2.45) is 0 Å². The molecule has 0 atom stereocenters. The molecule has 0 unspecified atom stereocenters. The topological polar surface area (TPSA) is 85.4 Å². The normalized spacial score (nSPS) is 12.1. The molecule has 1 aromatic heterocycles. The molecule has 2 N–H and O–H groups in total. The van der Waals surface area contributed by atoms with E-state index in [0.717, 1.165) is 22.6 Å². The standard InChI is InChI=1S/C22H22N4O3/c1-14(2)24-22(27)17-11-20(26-21(25-17)16-6-4-3-5-7-16)23-12-15-8-9-18-19(10-15)29-13-28-18/h3-11,14H,12-13H2,1-2H3,(H,24,27)(H,23,25,26). The summed E-state index contributed by atoms with van der Waals surface area (Å²) in [7, 11) is 0. The lowest BCUT2D eigenvalue weighted by atomic mass is 10.2. The van der Waals surface area contributed by atoms with Crippen molar-refractivity contribution < 1.29 is 14.3 Å². The van der Waals surface area contributed by atoms with Gasteiger partial charge in [-0.15, -0.1) is 0 Å². The fraction of sp³-hybridized carbons (Fsp3) is 0.227. The van der Waals surface area contributed by atoms with Gasteiger partial charge in [-0.1, -0.05) is 36.4 Å². The van der Waals surface area contributed by atoms with E-state index in [0.29, 0.717) is 23.9 Å². The second kappa shape index (κ2) is 8.18. The Labute approximate surface area is 169 Å². The van der Waals surface area contributed by atoms with Crippen molar-refractivity contribution in [2.75, 3.05) is 12.1 Å². The maximum Gasteiger partial charge on any atom is 0.270 e. The molecule has 7 heteroatoms. The number of hydrogen-bond acceptors (Lipinski definition) is 6. The predicted molar refractivity (Wildman–Crippen MR) is 110 cm³/mol. The van der Waals surface area contributed by atoms with Crippen LogP contribution in [0.15, 0.2) is 54.6 Å². The van der Waals surface area contributed by atoms with Crippen LogP contribution in [0.2, 0.25) is 0 Å². The summed E-state index contributed by atoms with van der Waals surface area (Å²) in [6.07, 6.45) is 0. The molecule has 0 radical (unpaired) electrons. The third kappa shape index (κ3) is 4.45. The molecule has 0 aliphatic carbocycles. The van der Waals surface area contributed by atoms with Crippen LogP contribution in [0.25, 0.3) is 11.4 Å². The Kier molecular flexibility index (Phi) is 5.29. The summed E-state index contributed by atoms with van der Waals surface area (Å²) < 4.78 is 10.8. The highest BCUT2D eigenvalue weighted by Crippen LogP contribution is 2.32. The predicted octanol–water partition coefficient (Wildman–Crippen LogP) is 3.62. The van der Waals surface area contributed by atoms with Gasteiger partial charge in [0.05, 0.1) is 0 Å². The molecule has 0 bridgehead atoms. The minimum Gasteiger partial charge on any atom is -0.454 e. The Morgan fingerprint density at radius 1 is 1.03 bits per heavy atom. The lowest BCUT2D eigenvalue weighted by Gasteiger charge is -2.12. The average Bonchev–Trinajstić information content (AvgIpc) is 3.20. The van der Waals surface area contributed by atoms with Crippen LogP contribution in [0.4, 0.5) is 5.82 Å². The van der Waals surface area contributed by atoms with Gasteiger partial charge in [-0.25, -0.2) is 9.97 Å². The summed E-state index contributed by atoms with van der Waals surface area (Å²) in [5.41, 5.74) is 2.18. The molecule has 148 valence electrons. The molecule has 2 heterocycles. The summed E-state index contributed by atoms with van der Waals surface area (Å²) in [5, 5.41) is 6.16. The molecule has 4 rings (SSSR count). The summed E-state index contributed by atoms with van der Waals surface area (Å²) in [6, 6.07) is 17.1. The van der Waals surface area contributed by atoms with Crippen molar-refractivity contribution >= 4 is 11.7 Å². The van der Waals surface area contributed by atoms with Crippen molar-refractivity contribution in [1.82, 2.24) is 15.3 Å². The molecule has 29 heavy (non-hydrogen) atoms. The van der Waals surface area contributed by atoms with Gasteiger partial charge >= 0.3 is 0 Å². The van der Waals surface area contributed by atoms with E-state index in [9.17, 15) is 4.79 Å². The fourth-order valence-electron chi connectivity index (χ4n) is 2.95. The lowest BCUT2D eigenvalue weighted by molar-refractivity contribution is 0.0938. The molecule has 0 spiro atoms. The minimum atomic E-state index is -0.231. The van der Waals surface area contributed by atoms with Gasteiger partial charge in [0, 0.05) is 24.2 Å². The number of benzene rings is 2. The zero-order valence-electron chi connectivity index (χ0n) is 16.3. The fourth-order valence-corrected chi connectivity index (χ4v) is 2.95. The molecule has 7 nitrogen and oxygen atoms in total. The van der Waals surface area contributed by atoms with E-state index >= 15 is 0 Å². The van der Waals surface area contributed by atoms with E-state index in [1.54, 1.807) is 6.07 Å². The maximum atomic E-state index is 12.5. The second-order valence-corrected chi connectivity index (χ2v) is 7.00. The van der Waals surface area contributed by atoms with Gasteiger partial charge in [0.25, 0.3) is 5.91 Å². The summed E-state index contributed by atoms with van der Waals surface area (Å²) in [6.45, 7) is 4.59. The molecule has 2 aromatic carbocycles. The Morgan fingerprint density at radius 3 is 2.62 bits per heavy atom. The highest BCUT2D eigenvalue weighted by molar-refractivity contribution is 5.93. The largest absolute Gasteiger partial charge is 0.454 e. The highest BCUT2D eigenvalue weighted by atomic mass is 16.7. The van der Waals surface area contributed by atoms with Crippen LogP contribution in [0.1, 0.15) is 29.9 Å². The zero-order valence-corrected chi connectivity index (χ0v) is 16.3. The van der Waals surface area contributed by atoms with E-state index in [1.165, 1.54) is 0 Å². The molecule has 1 amide bonds. The first-order valence-electron chi connectivity index (χ1n) is 9.46. The number of carbonyl (C=O) groups excluding carboxylic acids is 1. The Bertz CT molecular complexity index is 1020. The van der Waals surface area contributed by atoms with Crippen LogP contribution in [-0.2, 0) is 6.54 Å². The number of fused-ring (bicyclic) bond motifs is 1. The number of hydrogen-bond donors (Lipinski definition) is 2. The quantitative estimate of drug-likeness (QED) is 0.669. The molecule has 3 aromatic rings. The number of anilines is 1. The first-order chi connectivity index (χ1) is 14.1. The van der Waals surface area contributed by atoms with Gasteiger partial charge in [-0.05, 0) is 31.5 Å². The van der Waals surface area contributed by atoms with E-state index in [4.69, 9.17) is 9.47 Å². The van der Waals surface area contributed by atoms with Crippen molar-refractivity contribution in [3.8, 4) is 22.9 Å². The van der Waals surface area contributed by atoms with Gasteiger partial charge < -0.3 is 20.1 Å². The molecular formula is C22H22N4O3. The van der Waals surface area contributed by atoms with E-state index in [-0.39, 0.29) is 18.7 Å². The third-order valence-corrected chi connectivity index (χ3v) is 4.32. The Hall–Kier alpha value is -3.61. The second-order valence-electron chi connectivity index (χ2n) is 7.00. The van der Waals surface area contributed by atoms with Crippen molar-refractivity contribution in [2.45, 2.75) is 26.4 Å². The number of ether oxygens (including phenoxy) is 2. The van der Waals surface area contributed by atoms with Crippen molar-refractivity contribution in [3.05, 3.63) is 65.9 Å². The van der Waals surface area contributed by atoms with Crippen LogP contribution < -0.4 is 20.1 Å². The lowest BCUT2D eigenvalue weighted by Crippen LogP contribution is -2.31. The van der Waals surface area contributed by atoms with Crippen molar-refractivity contribution in [3.63, 3.8) is 0 Å². The molecular weight excluding hydrogens is 368 g/mol. The monoisotopic (exact) mass is 390 g/mol. The van der Waals surface area contributed by atoms with Gasteiger partial charge in [0.2, 0.25) is 6.79 Å². The third-order valence-electron chi connectivity index (χ3n) is 4.32. The van der Waals surface area contributed by atoms with Gasteiger partial charge in [0.15, 0.2) is 17.3 Å². The van der Waals surface area contributed by atoms with Crippen LogP contribution in [-0.4, -0.2) is 28.7 Å². The van der Waals surface area contributed by atoms with Crippen LogP contribution in [0.5, 0.6) is 11.5 Å². The number of carbonyl (C=O) groups is 1. The van der Waals surface area contributed by atoms with E-state index < -0.39 is 0 Å². The Morgan fingerprint density at radius 2 is 1.83 bits per heavy atom. The maximum absolute atomic E-state index is 12.5. The molecule has 0 saturated heterocycles. The average molecular weight is 390 g/mol. The van der Waals surface area contributed by atoms with E-state index in [1.807, 2.05) is 62.4 Å². The summed E-state index contributed by atoms with van der Waals surface area (Å²) >= 11 is 0. The summed E-state index contributed by atoms with van der Waals surface area (Å²) in [4.78, 5) is 21.6. The molecule has 1 aliphatic rings. The first kappa shape index (κ1) is 18.7. The number of rotatable bonds is 6. The van der Waals surface area contributed by atoms with Gasteiger partial charge in [-0.3, -0.25) is 4.79 Å². The van der Waals surface area contributed by atoms with E-state index in [2.05, 4.69) is 20.6 Å². The highest BCUT2D eigenvalue weighted by Gasteiger charge is 2.15. The SMILES string of the molecule is CC(C)NC(=O)c1cc(NCc2ccc3c(c2)OCO3)nc(-c2ccccc2)n1. The molecule has 0 saturated carbocycles. The van der Waals surface area contributed by atoms with Crippen molar-refractivity contribution in [1.29, 1.82) is 0 Å². The Balaban J connectivity index is 1.60.